The number of esters is 1. The molecule has 0 atom stereocenters. The molecule has 2 aromatic carbocycles. The Balaban J connectivity index is 2.15. The molecule has 8 heteroatoms. The van der Waals surface area contributed by atoms with Crippen molar-refractivity contribution in [1.29, 1.82) is 0 Å². The van der Waals surface area contributed by atoms with Gasteiger partial charge in [0, 0.05) is 18.6 Å². The van der Waals surface area contributed by atoms with Crippen molar-refractivity contribution in [3.8, 4) is 23.0 Å². The predicted molar refractivity (Wildman–Crippen MR) is 117 cm³/mol. The van der Waals surface area contributed by atoms with Gasteiger partial charge in [0.05, 0.1) is 45.8 Å². The quantitative estimate of drug-likeness (QED) is 0.540. The van der Waals surface area contributed by atoms with Gasteiger partial charge in [-0.15, -0.1) is 0 Å². The van der Waals surface area contributed by atoms with Crippen molar-refractivity contribution in [2.75, 3.05) is 39.9 Å². The third kappa shape index (κ3) is 6.28. The van der Waals surface area contributed by atoms with Crippen molar-refractivity contribution in [2.45, 2.75) is 26.7 Å². The van der Waals surface area contributed by atoms with Crippen LogP contribution in [-0.2, 0) is 16.0 Å². The van der Waals surface area contributed by atoms with Gasteiger partial charge >= 0.3 is 5.97 Å². The van der Waals surface area contributed by atoms with E-state index in [2.05, 4.69) is 5.32 Å². The van der Waals surface area contributed by atoms with E-state index in [0.717, 1.165) is 5.56 Å². The highest BCUT2D eigenvalue weighted by Crippen LogP contribution is 2.34. The second-order valence-corrected chi connectivity index (χ2v) is 6.44. The second-order valence-electron chi connectivity index (χ2n) is 6.44. The molecule has 0 fully saturated rings. The molecule has 0 aromatic heterocycles. The smallest absolute Gasteiger partial charge is 0.340 e. The number of carbonyl (C=O) groups is 2. The molecule has 8 nitrogen and oxygen atoms in total. The lowest BCUT2D eigenvalue weighted by atomic mass is 10.1. The molecular weight excluding hydrogens is 402 g/mol. The number of methoxy groups -OCH3 is 3. The van der Waals surface area contributed by atoms with Crippen LogP contribution in [0.1, 0.15) is 36.2 Å². The van der Waals surface area contributed by atoms with Crippen molar-refractivity contribution >= 4 is 17.6 Å². The maximum Gasteiger partial charge on any atom is 0.340 e. The Morgan fingerprint density at radius 1 is 0.839 bits per heavy atom. The zero-order chi connectivity index (χ0) is 22.8. The zero-order valence-corrected chi connectivity index (χ0v) is 18.6. The van der Waals surface area contributed by atoms with E-state index in [9.17, 15) is 9.59 Å². The van der Waals surface area contributed by atoms with Crippen LogP contribution < -0.4 is 24.3 Å². The van der Waals surface area contributed by atoms with Crippen LogP contribution in [-0.4, -0.2) is 46.4 Å². The van der Waals surface area contributed by atoms with Gasteiger partial charge in [-0.05, 0) is 38.0 Å². The van der Waals surface area contributed by atoms with Crippen LogP contribution >= 0.6 is 0 Å². The van der Waals surface area contributed by atoms with Crippen LogP contribution in [0.5, 0.6) is 23.0 Å². The Labute approximate surface area is 182 Å². The van der Waals surface area contributed by atoms with E-state index in [4.69, 9.17) is 23.7 Å². The molecule has 0 saturated carbocycles. The summed E-state index contributed by atoms with van der Waals surface area (Å²) in [6, 6.07) is 8.62. The van der Waals surface area contributed by atoms with E-state index in [0.29, 0.717) is 42.6 Å². The first-order valence-electron chi connectivity index (χ1n) is 10.00. The fourth-order valence-corrected chi connectivity index (χ4v) is 2.98. The van der Waals surface area contributed by atoms with E-state index in [1.165, 1.54) is 33.5 Å². The van der Waals surface area contributed by atoms with Crippen molar-refractivity contribution in [3.63, 3.8) is 0 Å². The van der Waals surface area contributed by atoms with E-state index in [1.807, 2.05) is 32.0 Å². The van der Waals surface area contributed by atoms with E-state index >= 15 is 0 Å². The lowest BCUT2D eigenvalue weighted by molar-refractivity contribution is -0.116. The number of nitrogens with one attached hydrogen (secondary N) is 1. The number of rotatable bonds is 11. The average Bonchev–Trinajstić information content (AvgIpc) is 2.78. The van der Waals surface area contributed by atoms with Crippen molar-refractivity contribution in [2.24, 2.45) is 0 Å². The fourth-order valence-electron chi connectivity index (χ4n) is 2.98. The number of benzene rings is 2. The molecule has 168 valence electrons. The molecule has 2 rings (SSSR count). The van der Waals surface area contributed by atoms with Gasteiger partial charge in [0.15, 0.2) is 23.0 Å². The first kappa shape index (κ1) is 23.9. The lowest BCUT2D eigenvalue weighted by Crippen LogP contribution is -2.16. The number of amides is 1. The maximum atomic E-state index is 12.6. The monoisotopic (exact) mass is 431 g/mol. The molecule has 0 radical (unpaired) electrons. The number of aryl methyl sites for hydroxylation is 1. The van der Waals surface area contributed by atoms with Crippen LogP contribution in [0.25, 0.3) is 0 Å². The van der Waals surface area contributed by atoms with Gasteiger partial charge in [0.25, 0.3) is 0 Å². The summed E-state index contributed by atoms with van der Waals surface area (Å²) in [7, 11) is 4.21. The summed E-state index contributed by atoms with van der Waals surface area (Å²) < 4.78 is 26.5. The highest BCUT2D eigenvalue weighted by molar-refractivity contribution is 6.02. The minimum atomic E-state index is -0.593. The minimum Gasteiger partial charge on any atom is -0.493 e. The third-order valence-corrected chi connectivity index (χ3v) is 4.45. The topological polar surface area (TPSA) is 92.3 Å². The molecular formula is C23H29NO7. The van der Waals surface area contributed by atoms with Gasteiger partial charge in [-0.3, -0.25) is 4.79 Å². The Morgan fingerprint density at radius 3 is 2.10 bits per heavy atom. The Morgan fingerprint density at radius 2 is 1.48 bits per heavy atom. The summed E-state index contributed by atoms with van der Waals surface area (Å²) in [4.78, 5) is 24.7. The molecule has 31 heavy (non-hydrogen) atoms. The molecule has 1 N–H and O–H groups in total. The SMILES string of the molecule is CCOc1ccc(CCC(=O)Nc2cc(OC)c(OC)cc2C(=O)OC)cc1OCC. The Hall–Kier alpha value is -3.42. The van der Waals surface area contributed by atoms with E-state index in [1.54, 1.807) is 0 Å². The Kier molecular flexibility index (Phi) is 8.99. The van der Waals surface area contributed by atoms with Gasteiger partial charge in [-0.25, -0.2) is 4.79 Å². The molecule has 2 aromatic rings. The van der Waals surface area contributed by atoms with Gasteiger partial charge in [0.2, 0.25) is 5.91 Å². The number of hydrogen-bond donors (Lipinski definition) is 1. The van der Waals surface area contributed by atoms with Crippen LogP contribution in [0.4, 0.5) is 5.69 Å². The summed E-state index contributed by atoms with van der Waals surface area (Å²) in [6.45, 7) is 4.86. The summed E-state index contributed by atoms with van der Waals surface area (Å²) in [6.07, 6.45) is 0.688. The fraction of sp³-hybridized carbons (Fsp3) is 0.391. The van der Waals surface area contributed by atoms with Crippen LogP contribution in [0.3, 0.4) is 0 Å². The van der Waals surface area contributed by atoms with Crippen LogP contribution in [0.15, 0.2) is 30.3 Å². The molecule has 0 aliphatic heterocycles. The molecule has 0 aliphatic carbocycles. The highest BCUT2D eigenvalue weighted by atomic mass is 16.5. The van der Waals surface area contributed by atoms with Crippen molar-refractivity contribution in [3.05, 3.63) is 41.5 Å². The average molecular weight is 431 g/mol. The first-order chi connectivity index (χ1) is 15.0. The zero-order valence-electron chi connectivity index (χ0n) is 18.6. The highest BCUT2D eigenvalue weighted by Gasteiger charge is 2.19. The van der Waals surface area contributed by atoms with Gasteiger partial charge in [-0.2, -0.15) is 0 Å². The first-order valence-corrected chi connectivity index (χ1v) is 10.00. The summed E-state index contributed by atoms with van der Waals surface area (Å²) in [5.41, 5.74) is 1.40. The van der Waals surface area contributed by atoms with Crippen molar-refractivity contribution < 1.29 is 33.3 Å². The summed E-state index contributed by atoms with van der Waals surface area (Å²) in [5, 5.41) is 2.76. The molecule has 1 amide bonds. The number of carbonyl (C=O) groups excluding carboxylic acids is 2. The van der Waals surface area contributed by atoms with Crippen LogP contribution in [0.2, 0.25) is 0 Å². The number of ether oxygens (including phenoxy) is 5. The maximum absolute atomic E-state index is 12.6. The molecule has 0 unspecified atom stereocenters. The van der Waals surface area contributed by atoms with Crippen molar-refractivity contribution in [1.82, 2.24) is 0 Å². The number of hydrogen-bond acceptors (Lipinski definition) is 7. The van der Waals surface area contributed by atoms with Gasteiger partial charge in [0.1, 0.15) is 0 Å². The normalized spacial score (nSPS) is 10.2. The molecule has 0 saturated heterocycles. The Bertz CT molecular complexity index is 911. The number of anilines is 1. The second kappa shape index (κ2) is 11.7. The lowest BCUT2D eigenvalue weighted by Gasteiger charge is -2.15. The largest absolute Gasteiger partial charge is 0.493 e. The molecule has 0 aliphatic rings. The predicted octanol–water partition coefficient (Wildman–Crippen LogP) is 3.86. The molecule has 0 bridgehead atoms. The third-order valence-electron chi connectivity index (χ3n) is 4.45. The summed E-state index contributed by atoms with van der Waals surface area (Å²) in [5.74, 6) is 1.21. The van der Waals surface area contributed by atoms with Crippen LogP contribution in [0, 0.1) is 0 Å². The molecule has 0 heterocycles. The van der Waals surface area contributed by atoms with Gasteiger partial charge < -0.3 is 29.0 Å². The van der Waals surface area contributed by atoms with Gasteiger partial charge in [-0.1, -0.05) is 6.07 Å². The minimum absolute atomic E-state index is 0.174. The summed E-state index contributed by atoms with van der Waals surface area (Å²) >= 11 is 0. The molecule has 0 spiro atoms. The van der Waals surface area contributed by atoms with E-state index in [-0.39, 0.29) is 23.6 Å². The standard InChI is InChI=1S/C23H29NO7/c1-6-30-18-10-8-15(12-21(18)31-7-2)9-11-22(25)24-17-14-20(28-4)19(27-3)13-16(17)23(26)29-5/h8,10,12-14H,6-7,9,11H2,1-5H3,(H,24,25). The van der Waals surface area contributed by atoms with E-state index < -0.39 is 5.97 Å².